The standard InChI is InChI=1S/C15H15ClF3N3O/c1-2-3-6-21-14(23)10(8-20)9-22-13-5-4-11(16)7-12(13)15(17,18)19/h4-5,7,9,22H,2-3,6H2,1H3,(H,21,23)/b10-9-. The molecule has 0 aliphatic heterocycles. The molecule has 124 valence electrons. The Morgan fingerprint density at radius 2 is 2.13 bits per heavy atom. The molecule has 0 aliphatic carbocycles. The van der Waals surface area contributed by atoms with E-state index in [0.717, 1.165) is 31.2 Å². The molecule has 1 aromatic rings. The highest BCUT2D eigenvalue weighted by atomic mass is 35.5. The molecule has 0 aliphatic rings. The van der Waals surface area contributed by atoms with Gasteiger partial charge in [-0.05, 0) is 24.6 Å². The lowest BCUT2D eigenvalue weighted by Gasteiger charge is -2.13. The number of nitriles is 1. The van der Waals surface area contributed by atoms with E-state index in [-0.39, 0.29) is 16.3 Å². The van der Waals surface area contributed by atoms with Crippen LogP contribution < -0.4 is 10.6 Å². The van der Waals surface area contributed by atoms with Crippen molar-refractivity contribution in [3.05, 3.63) is 40.6 Å². The molecule has 4 nitrogen and oxygen atoms in total. The summed E-state index contributed by atoms with van der Waals surface area (Å²) < 4.78 is 38.8. The Hall–Kier alpha value is -2.20. The van der Waals surface area contributed by atoms with E-state index in [4.69, 9.17) is 16.9 Å². The van der Waals surface area contributed by atoms with Crippen LogP contribution in [0.5, 0.6) is 0 Å². The van der Waals surface area contributed by atoms with Gasteiger partial charge in [0, 0.05) is 17.8 Å². The summed E-state index contributed by atoms with van der Waals surface area (Å²) in [5, 5.41) is 13.7. The van der Waals surface area contributed by atoms with Gasteiger partial charge in [-0.1, -0.05) is 24.9 Å². The first kappa shape index (κ1) is 18.8. The van der Waals surface area contributed by atoms with Gasteiger partial charge in [-0.25, -0.2) is 0 Å². The van der Waals surface area contributed by atoms with Crippen LogP contribution in [-0.4, -0.2) is 12.5 Å². The fraction of sp³-hybridized carbons (Fsp3) is 0.333. The summed E-state index contributed by atoms with van der Waals surface area (Å²) in [6, 6.07) is 4.83. The van der Waals surface area contributed by atoms with Gasteiger partial charge in [0.2, 0.25) is 0 Å². The Morgan fingerprint density at radius 1 is 1.43 bits per heavy atom. The minimum atomic E-state index is -4.61. The number of nitrogens with zero attached hydrogens (tertiary/aromatic N) is 1. The number of rotatable bonds is 6. The summed E-state index contributed by atoms with van der Waals surface area (Å²) in [5.74, 6) is -0.643. The maximum absolute atomic E-state index is 12.9. The van der Waals surface area contributed by atoms with Gasteiger partial charge in [0.25, 0.3) is 5.91 Å². The molecule has 8 heteroatoms. The van der Waals surface area contributed by atoms with Gasteiger partial charge in [0.15, 0.2) is 0 Å². The van der Waals surface area contributed by atoms with Crippen LogP contribution in [0.3, 0.4) is 0 Å². The van der Waals surface area contributed by atoms with E-state index in [9.17, 15) is 18.0 Å². The fourth-order valence-electron chi connectivity index (χ4n) is 1.65. The topological polar surface area (TPSA) is 64.9 Å². The average molecular weight is 346 g/mol. The molecule has 0 unspecified atom stereocenters. The number of nitrogens with one attached hydrogen (secondary N) is 2. The largest absolute Gasteiger partial charge is 0.418 e. The zero-order valence-electron chi connectivity index (χ0n) is 12.3. The minimum absolute atomic E-state index is 0.0651. The molecule has 2 N–H and O–H groups in total. The molecule has 0 heterocycles. The van der Waals surface area contributed by atoms with Crippen LogP contribution >= 0.6 is 11.6 Å². The number of anilines is 1. The monoisotopic (exact) mass is 345 g/mol. The number of hydrogen-bond donors (Lipinski definition) is 2. The number of hydrogen-bond acceptors (Lipinski definition) is 3. The number of benzene rings is 1. The number of alkyl halides is 3. The van der Waals surface area contributed by atoms with Crippen LogP contribution in [0, 0.1) is 11.3 Å². The number of halogens is 4. The lowest BCUT2D eigenvalue weighted by Crippen LogP contribution is -2.26. The number of carbonyl (C=O) groups is 1. The highest BCUT2D eigenvalue weighted by molar-refractivity contribution is 6.30. The van der Waals surface area contributed by atoms with Crippen molar-refractivity contribution in [1.29, 1.82) is 5.26 Å². The van der Waals surface area contributed by atoms with Gasteiger partial charge in [-0.3, -0.25) is 4.79 Å². The van der Waals surface area contributed by atoms with E-state index in [0.29, 0.717) is 6.54 Å². The van der Waals surface area contributed by atoms with Crippen LogP contribution in [-0.2, 0) is 11.0 Å². The van der Waals surface area contributed by atoms with Gasteiger partial charge in [0.05, 0.1) is 11.3 Å². The van der Waals surface area contributed by atoms with Gasteiger partial charge in [-0.15, -0.1) is 0 Å². The molecule has 0 fully saturated rings. The van der Waals surface area contributed by atoms with Crippen molar-refractivity contribution >= 4 is 23.2 Å². The minimum Gasteiger partial charge on any atom is -0.360 e. The Morgan fingerprint density at radius 3 is 2.70 bits per heavy atom. The Labute approximate surface area is 136 Å². The van der Waals surface area contributed by atoms with Crippen LogP contribution in [0.1, 0.15) is 25.3 Å². The van der Waals surface area contributed by atoms with E-state index in [1.165, 1.54) is 6.07 Å². The van der Waals surface area contributed by atoms with E-state index < -0.39 is 17.6 Å². The van der Waals surface area contributed by atoms with Crippen LogP contribution in [0.25, 0.3) is 0 Å². The molecule has 0 bridgehead atoms. The summed E-state index contributed by atoms with van der Waals surface area (Å²) in [6.45, 7) is 2.33. The smallest absolute Gasteiger partial charge is 0.360 e. The molecule has 23 heavy (non-hydrogen) atoms. The summed E-state index contributed by atoms with van der Waals surface area (Å²) >= 11 is 5.57. The molecular formula is C15H15ClF3N3O. The normalized spacial score (nSPS) is 11.7. The summed E-state index contributed by atoms with van der Waals surface area (Å²) in [5.41, 5.74) is -1.59. The zero-order valence-corrected chi connectivity index (χ0v) is 13.1. The first-order valence-electron chi connectivity index (χ1n) is 6.81. The van der Waals surface area contributed by atoms with Gasteiger partial charge in [-0.2, -0.15) is 18.4 Å². The highest BCUT2D eigenvalue weighted by Gasteiger charge is 2.33. The predicted octanol–water partition coefficient (Wildman–Crippen LogP) is 4.09. The number of amides is 1. The quantitative estimate of drug-likeness (QED) is 0.463. The van der Waals surface area contributed by atoms with Crippen LogP contribution in [0.15, 0.2) is 30.0 Å². The molecule has 0 atom stereocenters. The SMILES string of the molecule is CCCCNC(=O)/C(C#N)=C\Nc1ccc(Cl)cc1C(F)(F)F. The maximum atomic E-state index is 12.9. The molecule has 1 aromatic carbocycles. The van der Waals surface area contributed by atoms with Gasteiger partial charge >= 0.3 is 6.18 Å². The Bertz CT molecular complexity index is 636. The van der Waals surface area contributed by atoms with Crippen molar-refractivity contribution in [3.8, 4) is 6.07 Å². The van der Waals surface area contributed by atoms with Gasteiger partial charge in [0.1, 0.15) is 11.6 Å². The lowest BCUT2D eigenvalue weighted by molar-refractivity contribution is -0.136. The predicted molar refractivity (Wildman–Crippen MR) is 81.7 cm³/mol. The van der Waals surface area contributed by atoms with E-state index >= 15 is 0 Å². The lowest BCUT2D eigenvalue weighted by atomic mass is 10.1. The second kappa shape index (κ2) is 8.44. The molecule has 1 rings (SSSR count). The van der Waals surface area contributed by atoms with E-state index in [1.54, 1.807) is 6.07 Å². The highest BCUT2D eigenvalue weighted by Crippen LogP contribution is 2.36. The van der Waals surface area contributed by atoms with Crippen molar-refractivity contribution in [3.63, 3.8) is 0 Å². The second-order valence-electron chi connectivity index (χ2n) is 4.61. The van der Waals surface area contributed by atoms with Crippen molar-refractivity contribution < 1.29 is 18.0 Å². The van der Waals surface area contributed by atoms with Gasteiger partial charge < -0.3 is 10.6 Å². The van der Waals surface area contributed by atoms with Crippen molar-refractivity contribution in [2.45, 2.75) is 25.9 Å². The maximum Gasteiger partial charge on any atom is 0.418 e. The molecule has 1 amide bonds. The van der Waals surface area contributed by atoms with Crippen LogP contribution in [0.2, 0.25) is 5.02 Å². The Balaban J connectivity index is 2.94. The first-order chi connectivity index (χ1) is 10.8. The third-order valence-corrected chi connectivity index (χ3v) is 3.08. The van der Waals surface area contributed by atoms with Crippen molar-refractivity contribution in [2.75, 3.05) is 11.9 Å². The van der Waals surface area contributed by atoms with Crippen LogP contribution in [0.4, 0.5) is 18.9 Å². The molecule has 0 aromatic heterocycles. The number of unbranched alkanes of at least 4 members (excludes halogenated alkanes) is 1. The molecular weight excluding hydrogens is 331 g/mol. The first-order valence-corrected chi connectivity index (χ1v) is 7.19. The third-order valence-electron chi connectivity index (χ3n) is 2.84. The summed E-state index contributed by atoms with van der Waals surface area (Å²) in [4.78, 5) is 11.7. The van der Waals surface area contributed by atoms with Crippen molar-refractivity contribution in [2.24, 2.45) is 0 Å². The third kappa shape index (κ3) is 5.83. The zero-order chi connectivity index (χ0) is 17.5. The average Bonchev–Trinajstić information content (AvgIpc) is 2.48. The molecule has 0 saturated heterocycles. The summed E-state index contributed by atoms with van der Waals surface area (Å²) in [6.07, 6.45) is -2.06. The molecule has 0 radical (unpaired) electrons. The molecule has 0 spiro atoms. The number of carbonyl (C=O) groups excluding carboxylic acids is 1. The second-order valence-corrected chi connectivity index (χ2v) is 5.05. The Kier molecular flexibility index (Phi) is 6.91. The molecule has 0 saturated carbocycles. The van der Waals surface area contributed by atoms with Crippen molar-refractivity contribution in [1.82, 2.24) is 5.32 Å². The van der Waals surface area contributed by atoms with E-state index in [2.05, 4.69) is 10.6 Å². The fourth-order valence-corrected chi connectivity index (χ4v) is 1.82. The summed E-state index contributed by atoms with van der Waals surface area (Å²) in [7, 11) is 0. The van der Waals surface area contributed by atoms with E-state index in [1.807, 2.05) is 6.92 Å².